The number of carbonyl (C=O) groups excluding carboxylic acids is 1. The molecule has 0 bridgehead atoms. The molecule has 0 saturated heterocycles. The molecule has 82 valence electrons. The fourth-order valence-corrected chi connectivity index (χ4v) is 1.52. The zero-order valence-electron chi connectivity index (χ0n) is 8.46. The van der Waals surface area contributed by atoms with Gasteiger partial charge in [-0.25, -0.2) is 0 Å². The Bertz CT molecular complexity index is 669. The first-order valence-corrected chi connectivity index (χ1v) is 4.61. The third-order valence-corrected chi connectivity index (χ3v) is 2.14. The highest BCUT2D eigenvalue weighted by atomic mass is 16.2. The molecule has 0 aliphatic carbocycles. The number of nitrogens with one attached hydrogen (secondary N) is 3. The zero-order chi connectivity index (χ0) is 11.7. The Labute approximate surface area is 89.3 Å². The molecule has 1 aromatic heterocycles. The summed E-state index contributed by atoms with van der Waals surface area (Å²) < 4.78 is 0. The number of benzene rings is 1. The molecule has 3 N–H and O–H groups in total. The van der Waals surface area contributed by atoms with Crippen molar-refractivity contribution in [3.8, 4) is 0 Å². The minimum atomic E-state index is -0.445. The maximum absolute atomic E-state index is 11.6. The van der Waals surface area contributed by atoms with Gasteiger partial charge in [0.1, 0.15) is 0 Å². The quantitative estimate of drug-likeness (QED) is 0.638. The number of H-pyrrole nitrogens is 2. The normalized spacial score (nSPS) is 10.3. The van der Waals surface area contributed by atoms with E-state index in [1.807, 2.05) is 0 Å². The number of hydrogen-bond acceptors (Lipinski definition) is 3. The minimum absolute atomic E-state index is 0.182. The third-order valence-electron chi connectivity index (χ3n) is 2.14. The predicted octanol–water partition coefficient (Wildman–Crippen LogP) is 0.175. The lowest BCUT2D eigenvalue weighted by Crippen LogP contribution is -2.20. The summed E-state index contributed by atoms with van der Waals surface area (Å²) in [5, 5.41) is 7.36. The highest BCUT2D eigenvalue weighted by Crippen LogP contribution is 2.16. The van der Waals surface area contributed by atoms with Crippen LogP contribution in [0.3, 0.4) is 0 Å². The van der Waals surface area contributed by atoms with Crippen molar-refractivity contribution in [3.63, 3.8) is 0 Å². The van der Waals surface area contributed by atoms with Crippen molar-refractivity contribution in [1.82, 2.24) is 10.2 Å². The van der Waals surface area contributed by atoms with Crippen molar-refractivity contribution in [2.75, 3.05) is 5.32 Å². The maximum atomic E-state index is 11.6. The van der Waals surface area contributed by atoms with Gasteiger partial charge in [0.05, 0.1) is 16.5 Å². The Hall–Kier alpha value is -2.37. The van der Waals surface area contributed by atoms with Gasteiger partial charge in [-0.15, -0.1) is 0 Å². The van der Waals surface area contributed by atoms with Gasteiger partial charge in [0.25, 0.3) is 11.1 Å². The van der Waals surface area contributed by atoms with E-state index in [4.69, 9.17) is 0 Å². The van der Waals surface area contributed by atoms with Crippen molar-refractivity contribution in [1.29, 1.82) is 0 Å². The molecule has 1 amide bonds. The Morgan fingerprint density at radius 3 is 2.56 bits per heavy atom. The lowest BCUT2D eigenvalue weighted by atomic mass is 10.1. The third kappa shape index (κ3) is 1.60. The first-order chi connectivity index (χ1) is 7.59. The molecule has 2 rings (SSSR count). The molecule has 16 heavy (non-hydrogen) atoms. The number of amides is 1. The van der Waals surface area contributed by atoms with E-state index >= 15 is 0 Å². The summed E-state index contributed by atoms with van der Waals surface area (Å²) in [5.41, 5.74) is -0.516. The molecule has 1 heterocycles. The van der Waals surface area contributed by atoms with Gasteiger partial charge in [-0.05, 0) is 12.1 Å². The lowest BCUT2D eigenvalue weighted by Gasteiger charge is -2.04. The second-order valence-corrected chi connectivity index (χ2v) is 3.32. The fraction of sp³-hybridized carbons (Fsp3) is 0.100. The highest BCUT2D eigenvalue weighted by molar-refractivity contribution is 6.00. The predicted molar refractivity (Wildman–Crippen MR) is 59.5 cm³/mol. The van der Waals surface area contributed by atoms with Gasteiger partial charge in [0.15, 0.2) is 0 Å². The van der Waals surface area contributed by atoms with Crippen molar-refractivity contribution in [2.45, 2.75) is 6.92 Å². The van der Waals surface area contributed by atoms with Gasteiger partial charge in [0.2, 0.25) is 5.91 Å². The van der Waals surface area contributed by atoms with Crippen LogP contribution in [0.15, 0.2) is 27.8 Å². The molecule has 0 fully saturated rings. The van der Waals surface area contributed by atoms with Crippen LogP contribution in [-0.4, -0.2) is 16.1 Å². The molecule has 0 unspecified atom stereocenters. The Balaban J connectivity index is 2.86. The average molecular weight is 219 g/mol. The molecule has 0 atom stereocenters. The summed E-state index contributed by atoms with van der Waals surface area (Å²) in [7, 11) is 0. The molecule has 2 aromatic rings. The number of fused-ring (bicyclic) bond motifs is 1. The minimum Gasteiger partial charge on any atom is -0.326 e. The molecule has 6 nitrogen and oxygen atoms in total. The van der Waals surface area contributed by atoms with Crippen LogP contribution in [-0.2, 0) is 4.79 Å². The summed E-state index contributed by atoms with van der Waals surface area (Å²) in [5.74, 6) is -0.299. The molecule has 6 heteroatoms. The van der Waals surface area contributed by atoms with Crippen molar-refractivity contribution in [2.24, 2.45) is 0 Å². The number of aromatic nitrogens is 2. The smallest absolute Gasteiger partial charge is 0.272 e. The Morgan fingerprint density at radius 1 is 1.19 bits per heavy atom. The Morgan fingerprint density at radius 2 is 1.88 bits per heavy atom. The van der Waals surface area contributed by atoms with E-state index in [9.17, 15) is 14.4 Å². The second kappa shape index (κ2) is 3.65. The fourth-order valence-electron chi connectivity index (χ4n) is 1.52. The standard InChI is InChI=1S/C10H9N3O3/c1-5(14)11-7-4-2-3-6-8(7)10(16)13-12-9(6)15/h2-4H,1H3,(H,11,14)(H,12,15)(H,13,16). The van der Waals surface area contributed by atoms with Gasteiger partial charge in [-0.2, -0.15) is 0 Å². The molecular weight excluding hydrogens is 210 g/mol. The SMILES string of the molecule is CC(=O)Nc1cccc2c(=O)[nH][nH]c(=O)c12. The van der Waals surface area contributed by atoms with Gasteiger partial charge in [-0.3, -0.25) is 24.6 Å². The number of aromatic amines is 2. The van der Waals surface area contributed by atoms with Crippen LogP contribution in [0.4, 0.5) is 5.69 Å². The highest BCUT2D eigenvalue weighted by Gasteiger charge is 2.08. The number of carbonyl (C=O) groups is 1. The first kappa shape index (κ1) is 10.2. The van der Waals surface area contributed by atoms with Gasteiger partial charge in [0, 0.05) is 6.92 Å². The largest absolute Gasteiger partial charge is 0.326 e. The van der Waals surface area contributed by atoms with E-state index in [2.05, 4.69) is 15.5 Å². The molecular formula is C10H9N3O3. The van der Waals surface area contributed by atoms with Crippen molar-refractivity contribution < 1.29 is 4.79 Å². The van der Waals surface area contributed by atoms with Crippen molar-refractivity contribution in [3.05, 3.63) is 38.9 Å². The van der Waals surface area contributed by atoms with Crippen LogP contribution in [0.5, 0.6) is 0 Å². The van der Waals surface area contributed by atoms with E-state index in [-0.39, 0.29) is 16.7 Å². The topological polar surface area (TPSA) is 94.8 Å². The monoisotopic (exact) mass is 219 g/mol. The lowest BCUT2D eigenvalue weighted by molar-refractivity contribution is -0.114. The van der Waals surface area contributed by atoms with E-state index in [1.54, 1.807) is 12.1 Å². The van der Waals surface area contributed by atoms with Gasteiger partial charge in [-0.1, -0.05) is 6.07 Å². The van der Waals surface area contributed by atoms with E-state index in [0.717, 1.165) is 0 Å². The molecule has 0 radical (unpaired) electrons. The number of hydrogen-bond donors (Lipinski definition) is 3. The second-order valence-electron chi connectivity index (χ2n) is 3.32. The van der Waals surface area contributed by atoms with E-state index in [1.165, 1.54) is 13.0 Å². The van der Waals surface area contributed by atoms with Gasteiger partial charge < -0.3 is 5.32 Å². The molecule has 0 saturated carbocycles. The molecule has 0 aliphatic rings. The molecule has 0 aliphatic heterocycles. The summed E-state index contributed by atoms with van der Waals surface area (Å²) in [6.07, 6.45) is 0. The van der Waals surface area contributed by atoms with Crippen molar-refractivity contribution >= 4 is 22.4 Å². The number of rotatable bonds is 1. The van der Waals surface area contributed by atoms with Gasteiger partial charge >= 0.3 is 0 Å². The van der Waals surface area contributed by atoms with E-state index in [0.29, 0.717) is 5.69 Å². The van der Waals surface area contributed by atoms with Crippen LogP contribution in [0.1, 0.15) is 6.92 Å². The zero-order valence-corrected chi connectivity index (χ0v) is 8.46. The van der Waals surface area contributed by atoms with Crippen LogP contribution in [0.25, 0.3) is 10.8 Å². The molecule has 0 spiro atoms. The number of anilines is 1. The molecule has 1 aromatic carbocycles. The van der Waals surface area contributed by atoms with Crippen LogP contribution in [0.2, 0.25) is 0 Å². The Kier molecular flexibility index (Phi) is 2.32. The summed E-state index contributed by atoms with van der Waals surface area (Å²) in [4.78, 5) is 33.9. The summed E-state index contributed by atoms with van der Waals surface area (Å²) >= 11 is 0. The average Bonchev–Trinajstić information content (AvgIpc) is 2.23. The van der Waals surface area contributed by atoms with E-state index < -0.39 is 11.1 Å². The van der Waals surface area contributed by atoms with Crippen LogP contribution in [0, 0.1) is 0 Å². The first-order valence-electron chi connectivity index (χ1n) is 4.61. The van der Waals surface area contributed by atoms with Crippen LogP contribution < -0.4 is 16.4 Å². The summed E-state index contributed by atoms with van der Waals surface area (Å²) in [6.45, 7) is 1.33. The van der Waals surface area contributed by atoms with Crippen LogP contribution >= 0.6 is 0 Å². The maximum Gasteiger partial charge on any atom is 0.272 e. The summed E-state index contributed by atoms with van der Waals surface area (Å²) in [6, 6.07) is 4.69.